The molecule has 0 aromatic heterocycles. The van der Waals surface area contributed by atoms with Gasteiger partial charge in [-0.25, -0.2) is 9.59 Å². The fourth-order valence-corrected chi connectivity index (χ4v) is 1.81. The van der Waals surface area contributed by atoms with Gasteiger partial charge < -0.3 is 9.47 Å². The van der Waals surface area contributed by atoms with Gasteiger partial charge in [-0.05, 0) is 66.9 Å². The molecule has 13 heteroatoms. The van der Waals surface area contributed by atoms with Crippen molar-refractivity contribution in [2.45, 2.75) is 94.7 Å². The van der Waals surface area contributed by atoms with Crippen molar-refractivity contribution in [3.63, 3.8) is 0 Å². The van der Waals surface area contributed by atoms with E-state index in [-0.39, 0.29) is 13.2 Å². The second kappa shape index (κ2) is 25.0. The summed E-state index contributed by atoms with van der Waals surface area (Å²) >= 11 is 0. The standard InChI is InChI=1S/C10H20.C7H12O.C5H3F5O2.C4H3F3O2.CH4/c1-5-6-7-8-10(4)9(2)3;1-5(2)6(3)7(4)8;1-12-4(11)2(3(6)7)5(8,9)10;1-9-4(8)2(5)3(6)7;/h5-8H2,1-4H3;1-4H3;1H3;1H3;1H4. The first-order valence-corrected chi connectivity index (χ1v) is 11.4. The average Bonchev–Trinajstić information content (AvgIpc) is 2.82. The molecule has 0 radical (unpaired) electrons. The van der Waals surface area contributed by atoms with Crippen LogP contribution in [0.1, 0.15) is 88.5 Å². The van der Waals surface area contributed by atoms with Crippen molar-refractivity contribution in [3.05, 3.63) is 45.9 Å². The van der Waals surface area contributed by atoms with Crippen LogP contribution in [0, 0.1) is 0 Å². The lowest BCUT2D eigenvalue weighted by molar-refractivity contribution is -0.149. The molecule has 0 aromatic carbocycles. The zero-order valence-electron chi connectivity index (χ0n) is 23.9. The molecule has 0 atom stereocenters. The maximum Gasteiger partial charge on any atom is 0.428 e. The Labute approximate surface area is 232 Å². The molecule has 0 aliphatic carbocycles. The molecule has 0 aliphatic rings. The minimum atomic E-state index is -5.38. The van der Waals surface area contributed by atoms with E-state index in [4.69, 9.17) is 0 Å². The lowest BCUT2D eigenvalue weighted by Crippen LogP contribution is -2.22. The topological polar surface area (TPSA) is 69.7 Å². The van der Waals surface area contributed by atoms with Crippen molar-refractivity contribution in [1.29, 1.82) is 0 Å². The third-order valence-corrected chi connectivity index (χ3v) is 4.68. The monoisotopic (exact) mass is 598 g/mol. The largest absolute Gasteiger partial charge is 0.465 e. The van der Waals surface area contributed by atoms with Gasteiger partial charge in [0.05, 0.1) is 14.2 Å². The summed E-state index contributed by atoms with van der Waals surface area (Å²) in [4.78, 5) is 30.5. The number of ether oxygens (including phenoxy) is 2. The Hall–Kier alpha value is -2.99. The number of unbranched alkanes of at least 4 members (excludes halogenated alkanes) is 2. The molecular formula is C27H42F8O5. The van der Waals surface area contributed by atoms with E-state index in [1.54, 1.807) is 12.5 Å². The number of carbonyl (C=O) groups is 3. The Balaban J connectivity index is -0.000000136. The molecule has 236 valence electrons. The molecule has 0 spiro atoms. The second-order valence-electron chi connectivity index (χ2n) is 8.11. The number of carbonyl (C=O) groups excluding carboxylic acids is 3. The van der Waals surface area contributed by atoms with E-state index in [1.807, 2.05) is 20.8 Å². The van der Waals surface area contributed by atoms with Crippen LogP contribution in [0.5, 0.6) is 0 Å². The molecule has 0 N–H and O–H groups in total. The summed E-state index contributed by atoms with van der Waals surface area (Å²) in [5, 5.41) is 0. The molecule has 0 rings (SSSR count). The molecule has 5 nitrogen and oxygen atoms in total. The highest BCUT2D eigenvalue weighted by Gasteiger charge is 2.43. The van der Waals surface area contributed by atoms with Crippen molar-refractivity contribution in [2.75, 3.05) is 14.2 Å². The Morgan fingerprint density at radius 2 is 1.10 bits per heavy atom. The summed E-state index contributed by atoms with van der Waals surface area (Å²) in [6.07, 6.45) is -5.77. The molecule has 0 unspecified atom stereocenters. The number of allylic oxidation sites excluding steroid dienone is 4. The summed E-state index contributed by atoms with van der Waals surface area (Å²) in [5.74, 6) is -5.72. The number of rotatable bonds is 7. The van der Waals surface area contributed by atoms with E-state index in [1.165, 1.54) is 31.3 Å². The van der Waals surface area contributed by atoms with Crippen LogP contribution in [0.4, 0.5) is 35.1 Å². The number of Topliss-reactive ketones (excluding diaryl/α,β-unsaturated/α-hetero) is 1. The number of hydrogen-bond donors (Lipinski definition) is 0. The van der Waals surface area contributed by atoms with Gasteiger partial charge in [-0.15, -0.1) is 0 Å². The lowest BCUT2D eigenvalue weighted by Gasteiger charge is -2.06. The zero-order chi connectivity index (χ0) is 32.1. The molecular weight excluding hydrogens is 556 g/mol. The van der Waals surface area contributed by atoms with Gasteiger partial charge in [0.2, 0.25) is 5.57 Å². The normalized spacial score (nSPS) is 9.25. The molecule has 0 saturated heterocycles. The SMILES string of the molecule is C.CC(=O)C(C)=C(C)C.CCCCCC(C)=C(C)C.COC(=O)C(=C(F)F)C(F)(F)F.COC(=O)C(F)=C(F)F. The van der Waals surface area contributed by atoms with E-state index in [2.05, 4.69) is 37.2 Å². The lowest BCUT2D eigenvalue weighted by atomic mass is 10.1. The van der Waals surface area contributed by atoms with Crippen LogP contribution in [0.3, 0.4) is 0 Å². The zero-order valence-corrected chi connectivity index (χ0v) is 23.9. The number of halogens is 8. The quantitative estimate of drug-likeness (QED) is 0.0960. The van der Waals surface area contributed by atoms with E-state index in [9.17, 15) is 49.5 Å². The maximum atomic E-state index is 11.6. The first-order chi connectivity index (χ1) is 17.6. The summed E-state index contributed by atoms with van der Waals surface area (Å²) < 4.78 is 98.5. The summed E-state index contributed by atoms with van der Waals surface area (Å²) in [7, 11) is 1.39. The number of alkyl halides is 3. The number of hydrogen-bond acceptors (Lipinski definition) is 5. The second-order valence-corrected chi connectivity index (χ2v) is 8.11. The molecule has 0 aromatic rings. The highest BCUT2D eigenvalue weighted by Crippen LogP contribution is 2.30. The van der Waals surface area contributed by atoms with E-state index < -0.39 is 41.7 Å². The van der Waals surface area contributed by atoms with Crippen LogP contribution >= 0.6 is 0 Å². The molecule has 0 bridgehead atoms. The number of esters is 2. The Bertz CT molecular complexity index is 898. The van der Waals surface area contributed by atoms with Gasteiger partial charge >= 0.3 is 24.2 Å². The van der Waals surface area contributed by atoms with Crippen LogP contribution < -0.4 is 0 Å². The number of ketones is 1. The van der Waals surface area contributed by atoms with Crippen LogP contribution in [-0.2, 0) is 23.9 Å². The van der Waals surface area contributed by atoms with E-state index in [0.717, 1.165) is 18.3 Å². The van der Waals surface area contributed by atoms with Gasteiger partial charge in [0, 0.05) is 0 Å². The molecule has 40 heavy (non-hydrogen) atoms. The molecule has 0 heterocycles. The van der Waals surface area contributed by atoms with Crippen LogP contribution in [-0.4, -0.2) is 38.1 Å². The molecule has 0 amide bonds. The van der Waals surface area contributed by atoms with Crippen LogP contribution in [0.25, 0.3) is 0 Å². The highest BCUT2D eigenvalue weighted by molar-refractivity contribution is 5.93. The summed E-state index contributed by atoms with van der Waals surface area (Å²) in [6, 6.07) is 0. The molecule has 0 aliphatic heterocycles. The van der Waals surface area contributed by atoms with Gasteiger partial charge in [0.1, 0.15) is 0 Å². The predicted molar refractivity (Wildman–Crippen MR) is 139 cm³/mol. The van der Waals surface area contributed by atoms with Crippen LogP contribution in [0.15, 0.2) is 45.9 Å². The van der Waals surface area contributed by atoms with E-state index >= 15 is 0 Å². The first kappa shape index (κ1) is 46.8. The van der Waals surface area contributed by atoms with Crippen molar-refractivity contribution in [2.24, 2.45) is 0 Å². The average molecular weight is 599 g/mol. The number of methoxy groups -OCH3 is 2. The van der Waals surface area contributed by atoms with Crippen molar-refractivity contribution >= 4 is 17.7 Å². The Kier molecular flexibility index (Phi) is 29.3. The van der Waals surface area contributed by atoms with Gasteiger partial charge in [0.15, 0.2) is 5.78 Å². The maximum absolute atomic E-state index is 11.6. The van der Waals surface area contributed by atoms with Crippen LogP contribution in [0.2, 0.25) is 0 Å². The van der Waals surface area contributed by atoms with Crippen molar-refractivity contribution < 1.29 is 59.0 Å². The van der Waals surface area contributed by atoms with Gasteiger partial charge in [0.25, 0.3) is 11.9 Å². The predicted octanol–water partition coefficient (Wildman–Crippen LogP) is 9.60. The fourth-order valence-electron chi connectivity index (χ4n) is 1.81. The smallest absolute Gasteiger partial charge is 0.428 e. The Morgan fingerprint density at radius 1 is 0.675 bits per heavy atom. The van der Waals surface area contributed by atoms with Gasteiger partial charge in [-0.3, -0.25) is 4.79 Å². The first-order valence-electron chi connectivity index (χ1n) is 11.4. The van der Waals surface area contributed by atoms with Crippen molar-refractivity contribution in [3.8, 4) is 0 Å². The minimum Gasteiger partial charge on any atom is -0.465 e. The molecule has 0 fully saturated rings. The van der Waals surface area contributed by atoms with Gasteiger partial charge in [-0.2, -0.15) is 35.1 Å². The summed E-state index contributed by atoms with van der Waals surface area (Å²) in [5.41, 5.74) is 2.50. The van der Waals surface area contributed by atoms with E-state index in [0.29, 0.717) is 7.11 Å². The highest BCUT2D eigenvalue weighted by atomic mass is 19.4. The Morgan fingerprint density at radius 3 is 1.25 bits per heavy atom. The third-order valence-electron chi connectivity index (χ3n) is 4.68. The van der Waals surface area contributed by atoms with Gasteiger partial charge in [-0.1, -0.05) is 43.9 Å². The molecule has 0 saturated carbocycles. The fraction of sp³-hybridized carbons (Fsp3) is 0.593. The third kappa shape index (κ3) is 25.3. The van der Waals surface area contributed by atoms with Crippen molar-refractivity contribution in [1.82, 2.24) is 0 Å². The summed E-state index contributed by atoms with van der Waals surface area (Å²) in [6.45, 7) is 16.2. The minimum absolute atomic E-state index is 0.